The van der Waals surface area contributed by atoms with Crippen molar-refractivity contribution in [2.24, 2.45) is 5.73 Å². The SMILES string of the molecule is NCc1cccc2nc(C3CCOCC3)nn12. The summed E-state index contributed by atoms with van der Waals surface area (Å²) in [5, 5.41) is 4.58. The second-order valence-electron chi connectivity index (χ2n) is 4.35. The van der Waals surface area contributed by atoms with Gasteiger partial charge in [-0.15, -0.1) is 0 Å². The third kappa shape index (κ3) is 1.92. The van der Waals surface area contributed by atoms with Gasteiger partial charge in [0.25, 0.3) is 0 Å². The van der Waals surface area contributed by atoms with Crippen LogP contribution in [0.15, 0.2) is 18.2 Å². The molecule has 17 heavy (non-hydrogen) atoms. The molecular formula is C12H16N4O. The van der Waals surface area contributed by atoms with E-state index in [9.17, 15) is 0 Å². The van der Waals surface area contributed by atoms with E-state index in [1.54, 1.807) is 0 Å². The number of ether oxygens (including phenoxy) is 1. The molecule has 90 valence electrons. The molecule has 1 aliphatic heterocycles. The van der Waals surface area contributed by atoms with Crippen LogP contribution >= 0.6 is 0 Å². The van der Waals surface area contributed by atoms with Gasteiger partial charge in [0.05, 0.1) is 5.69 Å². The van der Waals surface area contributed by atoms with Gasteiger partial charge in [-0.1, -0.05) is 6.07 Å². The van der Waals surface area contributed by atoms with Crippen molar-refractivity contribution in [2.45, 2.75) is 25.3 Å². The molecule has 1 aliphatic rings. The van der Waals surface area contributed by atoms with Crippen LogP contribution in [0.5, 0.6) is 0 Å². The Kier molecular flexibility index (Phi) is 2.78. The second-order valence-corrected chi connectivity index (χ2v) is 4.35. The zero-order valence-electron chi connectivity index (χ0n) is 9.67. The fourth-order valence-electron chi connectivity index (χ4n) is 2.26. The Morgan fingerprint density at radius 1 is 1.35 bits per heavy atom. The minimum absolute atomic E-state index is 0.425. The van der Waals surface area contributed by atoms with Crippen LogP contribution in [0, 0.1) is 0 Å². The number of nitrogens with two attached hydrogens (primary N) is 1. The van der Waals surface area contributed by atoms with E-state index in [4.69, 9.17) is 10.5 Å². The summed E-state index contributed by atoms with van der Waals surface area (Å²) < 4.78 is 7.21. The molecule has 0 spiro atoms. The highest BCUT2D eigenvalue weighted by atomic mass is 16.5. The number of pyridine rings is 1. The van der Waals surface area contributed by atoms with Crippen molar-refractivity contribution in [3.63, 3.8) is 0 Å². The summed E-state index contributed by atoms with van der Waals surface area (Å²) in [7, 11) is 0. The van der Waals surface area contributed by atoms with E-state index in [0.29, 0.717) is 12.5 Å². The van der Waals surface area contributed by atoms with Crippen LogP contribution in [0.3, 0.4) is 0 Å². The molecule has 2 aromatic rings. The van der Waals surface area contributed by atoms with Gasteiger partial charge in [-0.05, 0) is 25.0 Å². The first kappa shape index (κ1) is 10.7. The summed E-state index contributed by atoms with van der Waals surface area (Å²) in [5.41, 5.74) is 7.57. The third-order valence-electron chi connectivity index (χ3n) is 3.25. The number of nitrogens with zero attached hydrogens (tertiary/aromatic N) is 3. The Morgan fingerprint density at radius 3 is 2.94 bits per heavy atom. The number of aromatic nitrogens is 3. The van der Waals surface area contributed by atoms with Crippen LogP contribution in [0.25, 0.3) is 5.65 Å². The van der Waals surface area contributed by atoms with Crippen LogP contribution in [-0.2, 0) is 11.3 Å². The minimum atomic E-state index is 0.425. The summed E-state index contributed by atoms with van der Waals surface area (Å²) >= 11 is 0. The first-order chi connectivity index (χ1) is 8.38. The van der Waals surface area contributed by atoms with Crippen molar-refractivity contribution < 1.29 is 4.74 Å². The molecule has 0 saturated carbocycles. The standard InChI is InChI=1S/C12H16N4O/c13-8-10-2-1-3-11-14-12(15-16(10)11)9-4-6-17-7-5-9/h1-3,9H,4-8,13H2. The lowest BCUT2D eigenvalue weighted by Gasteiger charge is -2.18. The smallest absolute Gasteiger partial charge is 0.155 e. The number of fused-ring (bicyclic) bond motifs is 1. The monoisotopic (exact) mass is 232 g/mol. The molecule has 0 atom stereocenters. The van der Waals surface area contributed by atoms with Gasteiger partial charge in [0.1, 0.15) is 0 Å². The predicted octanol–water partition coefficient (Wildman–Crippen LogP) is 1.08. The van der Waals surface area contributed by atoms with Crippen LogP contribution in [0.1, 0.15) is 30.3 Å². The van der Waals surface area contributed by atoms with Gasteiger partial charge >= 0.3 is 0 Å². The van der Waals surface area contributed by atoms with E-state index < -0.39 is 0 Å². The zero-order chi connectivity index (χ0) is 11.7. The van der Waals surface area contributed by atoms with Crippen molar-refractivity contribution in [3.05, 3.63) is 29.7 Å². The van der Waals surface area contributed by atoms with Crippen molar-refractivity contribution in [1.29, 1.82) is 0 Å². The van der Waals surface area contributed by atoms with E-state index >= 15 is 0 Å². The normalized spacial score (nSPS) is 17.7. The minimum Gasteiger partial charge on any atom is -0.381 e. The molecule has 5 heteroatoms. The van der Waals surface area contributed by atoms with Crippen molar-refractivity contribution in [2.75, 3.05) is 13.2 Å². The Hall–Kier alpha value is -1.46. The average molecular weight is 232 g/mol. The molecule has 3 heterocycles. The first-order valence-electron chi connectivity index (χ1n) is 6.01. The van der Waals surface area contributed by atoms with Gasteiger partial charge in [-0.2, -0.15) is 5.10 Å². The lowest BCUT2D eigenvalue weighted by Crippen LogP contribution is -2.15. The largest absolute Gasteiger partial charge is 0.381 e. The lowest BCUT2D eigenvalue weighted by atomic mass is 10.00. The van der Waals surface area contributed by atoms with Crippen LogP contribution in [-0.4, -0.2) is 27.8 Å². The van der Waals surface area contributed by atoms with E-state index in [2.05, 4.69) is 10.1 Å². The molecule has 0 radical (unpaired) electrons. The predicted molar refractivity (Wildman–Crippen MR) is 63.7 cm³/mol. The molecule has 0 unspecified atom stereocenters. The highest BCUT2D eigenvalue weighted by Gasteiger charge is 2.20. The molecule has 0 amide bonds. The summed E-state index contributed by atoms with van der Waals surface area (Å²) in [6.07, 6.45) is 2.02. The van der Waals surface area contributed by atoms with Gasteiger partial charge < -0.3 is 10.5 Å². The van der Waals surface area contributed by atoms with Gasteiger partial charge in [-0.25, -0.2) is 9.50 Å². The molecule has 1 fully saturated rings. The maximum Gasteiger partial charge on any atom is 0.155 e. The summed E-state index contributed by atoms with van der Waals surface area (Å²) in [4.78, 5) is 4.59. The molecule has 1 saturated heterocycles. The van der Waals surface area contributed by atoms with Crippen LogP contribution in [0.2, 0.25) is 0 Å². The number of hydrogen-bond acceptors (Lipinski definition) is 4. The molecule has 2 N–H and O–H groups in total. The van der Waals surface area contributed by atoms with E-state index in [0.717, 1.165) is 43.2 Å². The Labute approximate surface area is 99.6 Å². The Morgan fingerprint density at radius 2 is 2.18 bits per heavy atom. The third-order valence-corrected chi connectivity index (χ3v) is 3.25. The fraction of sp³-hybridized carbons (Fsp3) is 0.500. The Balaban J connectivity index is 2.00. The lowest BCUT2D eigenvalue weighted by molar-refractivity contribution is 0.0836. The van der Waals surface area contributed by atoms with Crippen molar-refractivity contribution in [3.8, 4) is 0 Å². The fourth-order valence-corrected chi connectivity index (χ4v) is 2.26. The second kappa shape index (κ2) is 4.43. The summed E-state index contributed by atoms with van der Waals surface area (Å²) in [6.45, 7) is 2.10. The van der Waals surface area contributed by atoms with E-state index in [1.807, 2.05) is 22.7 Å². The Bertz CT molecular complexity index is 516. The highest BCUT2D eigenvalue weighted by Crippen LogP contribution is 2.24. The number of hydrogen-bond donors (Lipinski definition) is 1. The van der Waals surface area contributed by atoms with E-state index in [1.165, 1.54) is 0 Å². The average Bonchev–Trinajstić information content (AvgIpc) is 2.83. The zero-order valence-corrected chi connectivity index (χ0v) is 9.67. The molecular weight excluding hydrogens is 216 g/mol. The van der Waals surface area contributed by atoms with Crippen molar-refractivity contribution >= 4 is 5.65 Å². The highest BCUT2D eigenvalue weighted by molar-refractivity contribution is 5.39. The molecule has 2 aromatic heterocycles. The maximum absolute atomic E-state index is 5.70. The maximum atomic E-state index is 5.70. The molecule has 0 aliphatic carbocycles. The molecule has 5 nitrogen and oxygen atoms in total. The summed E-state index contributed by atoms with van der Waals surface area (Å²) in [5.74, 6) is 1.35. The van der Waals surface area contributed by atoms with Gasteiger partial charge in [0.15, 0.2) is 11.5 Å². The van der Waals surface area contributed by atoms with Crippen LogP contribution < -0.4 is 5.73 Å². The topological polar surface area (TPSA) is 65.4 Å². The number of rotatable bonds is 2. The quantitative estimate of drug-likeness (QED) is 0.841. The first-order valence-corrected chi connectivity index (χ1v) is 6.01. The van der Waals surface area contributed by atoms with Gasteiger partial charge in [0.2, 0.25) is 0 Å². The summed E-state index contributed by atoms with van der Waals surface area (Å²) in [6, 6.07) is 5.92. The van der Waals surface area contributed by atoms with Crippen molar-refractivity contribution in [1.82, 2.24) is 14.6 Å². The molecule has 0 aromatic carbocycles. The van der Waals surface area contributed by atoms with E-state index in [-0.39, 0.29) is 0 Å². The van der Waals surface area contributed by atoms with Gasteiger partial charge in [-0.3, -0.25) is 0 Å². The van der Waals surface area contributed by atoms with Gasteiger partial charge in [0, 0.05) is 25.7 Å². The molecule has 0 bridgehead atoms. The van der Waals surface area contributed by atoms with Crippen LogP contribution in [0.4, 0.5) is 0 Å². The molecule has 3 rings (SSSR count).